The van der Waals surface area contributed by atoms with Gasteiger partial charge in [-0.2, -0.15) is 0 Å². The molecule has 2 aliphatic rings. The van der Waals surface area contributed by atoms with Crippen LogP contribution in [0.15, 0.2) is 24.8 Å². The molecule has 2 rings (SSSR count). The summed E-state index contributed by atoms with van der Waals surface area (Å²) in [5, 5.41) is 11.1. The van der Waals surface area contributed by atoms with Gasteiger partial charge in [0, 0.05) is 19.1 Å². The summed E-state index contributed by atoms with van der Waals surface area (Å²) in [5.41, 5.74) is -0.677. The van der Waals surface area contributed by atoms with Crippen LogP contribution in [0.4, 0.5) is 0 Å². The van der Waals surface area contributed by atoms with E-state index in [4.69, 9.17) is 9.47 Å². The van der Waals surface area contributed by atoms with E-state index in [-0.39, 0.29) is 5.41 Å². The predicted molar refractivity (Wildman–Crippen MR) is 80.2 cm³/mol. The Kier molecular flexibility index (Phi) is 4.43. The number of ether oxygens (including phenoxy) is 2. The highest BCUT2D eigenvalue weighted by Crippen LogP contribution is 2.61. The van der Waals surface area contributed by atoms with Crippen molar-refractivity contribution in [1.82, 2.24) is 0 Å². The van der Waals surface area contributed by atoms with Crippen LogP contribution >= 0.6 is 0 Å². The third-order valence-electron chi connectivity index (χ3n) is 5.74. The molecule has 114 valence electrons. The van der Waals surface area contributed by atoms with Crippen molar-refractivity contribution in [1.29, 1.82) is 0 Å². The van der Waals surface area contributed by atoms with Crippen molar-refractivity contribution in [3.63, 3.8) is 0 Å². The molecule has 6 atom stereocenters. The van der Waals surface area contributed by atoms with Crippen LogP contribution in [0.25, 0.3) is 0 Å². The zero-order chi connectivity index (χ0) is 15.0. The van der Waals surface area contributed by atoms with Crippen molar-refractivity contribution in [3.8, 4) is 0 Å². The van der Waals surface area contributed by atoms with Gasteiger partial charge in [-0.05, 0) is 31.6 Å². The fourth-order valence-electron chi connectivity index (χ4n) is 4.22. The molecule has 0 aromatic carbocycles. The Hall–Kier alpha value is -0.640. The molecule has 0 aromatic rings. The average Bonchev–Trinajstić information content (AvgIpc) is 2.68. The number of allylic oxidation sites excluding steroid dienone is 2. The lowest BCUT2D eigenvalue weighted by molar-refractivity contribution is -0.206. The normalized spacial score (nSPS) is 45.1. The predicted octanol–water partition coefficient (Wildman–Crippen LogP) is 3.15. The quantitative estimate of drug-likeness (QED) is 0.621. The molecule has 0 bridgehead atoms. The zero-order valence-electron chi connectivity index (χ0n) is 13.1. The van der Waals surface area contributed by atoms with Crippen LogP contribution in [-0.4, -0.2) is 31.2 Å². The minimum Gasteiger partial charge on any atom is -0.391 e. The average molecular weight is 280 g/mol. The third kappa shape index (κ3) is 1.99. The second-order valence-electron chi connectivity index (χ2n) is 6.48. The van der Waals surface area contributed by atoms with Crippen LogP contribution in [0.1, 0.15) is 33.6 Å². The first-order chi connectivity index (χ1) is 9.47. The Balaban J connectivity index is 2.42. The molecule has 3 nitrogen and oxygen atoms in total. The van der Waals surface area contributed by atoms with E-state index in [1.807, 2.05) is 13.0 Å². The van der Waals surface area contributed by atoms with Crippen molar-refractivity contribution in [3.05, 3.63) is 24.8 Å². The second kappa shape index (κ2) is 5.63. The number of aliphatic hydroxyl groups is 1. The van der Waals surface area contributed by atoms with E-state index in [0.717, 1.165) is 12.8 Å². The summed E-state index contributed by atoms with van der Waals surface area (Å²) >= 11 is 0. The molecule has 0 unspecified atom stereocenters. The maximum atomic E-state index is 11.1. The first-order valence-electron chi connectivity index (χ1n) is 7.60. The summed E-state index contributed by atoms with van der Waals surface area (Å²) in [6.45, 7) is 10.9. The van der Waals surface area contributed by atoms with Crippen molar-refractivity contribution in [2.24, 2.45) is 22.7 Å². The molecule has 0 spiro atoms. The van der Waals surface area contributed by atoms with Gasteiger partial charge in [-0.3, -0.25) is 0 Å². The number of hydrogen-bond acceptors (Lipinski definition) is 3. The lowest BCUT2D eigenvalue weighted by Gasteiger charge is -2.44. The maximum Gasteiger partial charge on any atom is 0.168 e. The van der Waals surface area contributed by atoms with E-state index in [1.54, 1.807) is 7.11 Å². The Morgan fingerprint density at radius 3 is 2.75 bits per heavy atom. The Bertz CT molecular complexity index is 392. The van der Waals surface area contributed by atoms with Gasteiger partial charge in [0.2, 0.25) is 0 Å². The number of aliphatic hydroxyl groups excluding tert-OH is 1. The van der Waals surface area contributed by atoms with Crippen LogP contribution in [0, 0.1) is 22.7 Å². The monoisotopic (exact) mass is 280 g/mol. The standard InChI is InChI=1S/C17H28O3/c1-6-17(15(19-5)20-7-2)11-13-10-8-9-12(3)16(13,4)14(17)18/h6,8,10,12-15,18H,1,7,9,11H2,2-5H3/t12-,13+,14-,15-,16+,17+/m1/s1. The molecule has 0 saturated heterocycles. The molecule has 0 amide bonds. The van der Waals surface area contributed by atoms with E-state index in [2.05, 4.69) is 32.6 Å². The van der Waals surface area contributed by atoms with E-state index in [1.165, 1.54) is 0 Å². The van der Waals surface area contributed by atoms with Gasteiger partial charge in [0.1, 0.15) is 0 Å². The lowest BCUT2D eigenvalue weighted by atomic mass is 9.64. The first-order valence-corrected chi connectivity index (χ1v) is 7.60. The summed E-state index contributed by atoms with van der Waals surface area (Å²) in [6, 6.07) is 0. The molecule has 3 heteroatoms. The summed E-state index contributed by atoms with van der Waals surface area (Å²) in [7, 11) is 1.64. The van der Waals surface area contributed by atoms with Crippen molar-refractivity contribution < 1.29 is 14.6 Å². The zero-order valence-corrected chi connectivity index (χ0v) is 13.1. The topological polar surface area (TPSA) is 38.7 Å². The molecule has 2 aliphatic carbocycles. The fraction of sp³-hybridized carbons (Fsp3) is 0.765. The largest absolute Gasteiger partial charge is 0.391 e. The van der Waals surface area contributed by atoms with Crippen LogP contribution in [-0.2, 0) is 9.47 Å². The minimum absolute atomic E-state index is 0.142. The van der Waals surface area contributed by atoms with E-state index in [9.17, 15) is 5.11 Å². The maximum absolute atomic E-state index is 11.1. The smallest absolute Gasteiger partial charge is 0.168 e. The van der Waals surface area contributed by atoms with Crippen molar-refractivity contribution in [2.75, 3.05) is 13.7 Å². The highest BCUT2D eigenvalue weighted by molar-refractivity contribution is 5.22. The van der Waals surface area contributed by atoms with Gasteiger partial charge in [0.05, 0.1) is 11.5 Å². The number of hydrogen-bond donors (Lipinski definition) is 1. The summed E-state index contributed by atoms with van der Waals surface area (Å²) in [5.74, 6) is 0.783. The first kappa shape index (κ1) is 15.7. The van der Waals surface area contributed by atoms with Crippen LogP contribution < -0.4 is 0 Å². The van der Waals surface area contributed by atoms with Crippen LogP contribution in [0.2, 0.25) is 0 Å². The molecule has 0 heterocycles. The van der Waals surface area contributed by atoms with Crippen LogP contribution in [0.3, 0.4) is 0 Å². The van der Waals surface area contributed by atoms with Crippen molar-refractivity contribution in [2.45, 2.75) is 46.0 Å². The molecule has 1 fully saturated rings. The third-order valence-corrected chi connectivity index (χ3v) is 5.74. The second-order valence-corrected chi connectivity index (χ2v) is 6.48. The van der Waals surface area contributed by atoms with Gasteiger partial charge in [-0.15, -0.1) is 6.58 Å². The van der Waals surface area contributed by atoms with Gasteiger partial charge < -0.3 is 14.6 Å². The number of fused-ring (bicyclic) bond motifs is 1. The highest BCUT2D eigenvalue weighted by Gasteiger charge is 2.63. The Morgan fingerprint density at radius 2 is 2.25 bits per heavy atom. The Morgan fingerprint density at radius 1 is 1.55 bits per heavy atom. The van der Waals surface area contributed by atoms with Gasteiger partial charge >= 0.3 is 0 Å². The van der Waals surface area contributed by atoms with Crippen LogP contribution in [0.5, 0.6) is 0 Å². The van der Waals surface area contributed by atoms with Gasteiger partial charge in [0.25, 0.3) is 0 Å². The number of methoxy groups -OCH3 is 1. The van der Waals surface area contributed by atoms with E-state index >= 15 is 0 Å². The highest BCUT2D eigenvalue weighted by atomic mass is 16.7. The molecule has 0 aliphatic heterocycles. The van der Waals surface area contributed by atoms with Gasteiger partial charge in [-0.1, -0.05) is 32.1 Å². The summed E-state index contributed by atoms with van der Waals surface area (Å²) < 4.78 is 11.3. The summed E-state index contributed by atoms with van der Waals surface area (Å²) in [6.07, 6.45) is 7.25. The molecule has 0 aromatic heterocycles. The number of rotatable bonds is 5. The van der Waals surface area contributed by atoms with E-state index < -0.39 is 17.8 Å². The minimum atomic E-state index is -0.535. The fourth-order valence-corrected chi connectivity index (χ4v) is 4.22. The molecular weight excluding hydrogens is 252 g/mol. The SMILES string of the molecule is C=C[C@]1([C@H](OC)OCC)C[C@@H]2C=CC[C@@H](C)[C@]2(C)[C@H]1O. The van der Waals surface area contributed by atoms with E-state index in [0.29, 0.717) is 18.4 Å². The van der Waals surface area contributed by atoms with Gasteiger partial charge in [0.15, 0.2) is 6.29 Å². The van der Waals surface area contributed by atoms with Gasteiger partial charge in [-0.25, -0.2) is 0 Å². The molecule has 0 radical (unpaired) electrons. The molecule has 20 heavy (non-hydrogen) atoms. The molecule has 1 saturated carbocycles. The Labute approximate surface area is 122 Å². The molecular formula is C17H28O3. The molecule has 1 N–H and O–H groups in total. The lowest BCUT2D eigenvalue weighted by Crippen LogP contribution is -2.49. The van der Waals surface area contributed by atoms with Crippen molar-refractivity contribution >= 4 is 0 Å². The summed E-state index contributed by atoms with van der Waals surface area (Å²) in [4.78, 5) is 0.